The molecule has 22 heavy (non-hydrogen) atoms. The summed E-state index contributed by atoms with van der Waals surface area (Å²) in [6.07, 6.45) is 3.93. The van der Waals surface area contributed by atoms with Gasteiger partial charge in [-0.05, 0) is 30.4 Å². The largest absolute Gasteiger partial charge is 0.481 e. The smallest absolute Gasteiger partial charge is 0.303 e. The minimum Gasteiger partial charge on any atom is -0.481 e. The summed E-state index contributed by atoms with van der Waals surface area (Å²) >= 11 is 0. The fourth-order valence-corrected chi connectivity index (χ4v) is 2.67. The number of hydrogen-bond acceptors (Lipinski definition) is 3. The topological polar surface area (TPSA) is 75.6 Å². The Labute approximate surface area is 130 Å². The Bertz CT molecular complexity index is 515. The number of nitrogens with one attached hydrogen (secondary N) is 1. The predicted molar refractivity (Wildman–Crippen MR) is 82.6 cm³/mol. The Balaban J connectivity index is 1.69. The minimum atomic E-state index is -0.749. The number of hydrogen-bond donors (Lipinski definition) is 2. The minimum absolute atomic E-state index is 0.0855. The third kappa shape index (κ3) is 4.84. The lowest BCUT2D eigenvalue weighted by molar-refractivity contribution is -0.137. The third-order valence-electron chi connectivity index (χ3n) is 3.85. The molecular formula is C17H23NO4. The van der Waals surface area contributed by atoms with Crippen molar-refractivity contribution in [1.82, 2.24) is 5.32 Å². The van der Waals surface area contributed by atoms with Gasteiger partial charge in [0.2, 0.25) is 0 Å². The second-order valence-electron chi connectivity index (χ2n) is 5.55. The van der Waals surface area contributed by atoms with E-state index in [0.717, 1.165) is 31.2 Å². The normalized spacial score (nSPS) is 16.8. The number of carboxylic acids is 1. The van der Waals surface area contributed by atoms with Crippen molar-refractivity contribution >= 4 is 11.9 Å². The highest BCUT2D eigenvalue weighted by Gasteiger charge is 2.26. The molecule has 1 aromatic rings. The summed E-state index contributed by atoms with van der Waals surface area (Å²) in [5.41, 5.74) is 2.15. The van der Waals surface area contributed by atoms with Crippen LogP contribution in [0.4, 0.5) is 0 Å². The lowest BCUT2D eigenvalue weighted by Crippen LogP contribution is -2.34. The molecule has 0 saturated carbocycles. The number of amides is 1. The monoisotopic (exact) mass is 305 g/mol. The maximum absolute atomic E-state index is 12.2. The molecule has 0 spiro atoms. The zero-order chi connectivity index (χ0) is 15.8. The highest BCUT2D eigenvalue weighted by molar-refractivity contribution is 5.82. The molecule has 1 aromatic carbocycles. The van der Waals surface area contributed by atoms with E-state index >= 15 is 0 Å². The standard InChI is InChI=1S/C17H23NO4/c19-15(20)9-3-1-2-6-11-18-17(21)16-14-8-5-4-7-13(14)10-12-22-16/h4-5,7-8,16H,1-3,6,9-12H2,(H,18,21)(H,19,20). The second kappa shape index (κ2) is 8.54. The van der Waals surface area contributed by atoms with E-state index in [1.807, 2.05) is 24.3 Å². The fraction of sp³-hybridized carbons (Fsp3) is 0.529. The van der Waals surface area contributed by atoms with Crippen LogP contribution in [0.15, 0.2) is 24.3 Å². The molecule has 5 nitrogen and oxygen atoms in total. The van der Waals surface area contributed by atoms with Gasteiger partial charge in [0.1, 0.15) is 0 Å². The molecule has 0 bridgehead atoms. The SMILES string of the molecule is O=C(O)CCCCCCNC(=O)C1OCCc2ccccc21. The van der Waals surface area contributed by atoms with E-state index in [-0.39, 0.29) is 12.3 Å². The quantitative estimate of drug-likeness (QED) is 0.723. The van der Waals surface area contributed by atoms with Crippen molar-refractivity contribution in [1.29, 1.82) is 0 Å². The molecule has 1 heterocycles. The summed E-state index contributed by atoms with van der Waals surface area (Å²) in [5.74, 6) is -0.834. The van der Waals surface area contributed by atoms with Crippen LogP contribution in [-0.2, 0) is 20.7 Å². The molecule has 2 N–H and O–H groups in total. The molecule has 5 heteroatoms. The molecule has 1 aliphatic heterocycles. The number of carbonyl (C=O) groups excluding carboxylic acids is 1. The number of ether oxygens (including phenoxy) is 1. The molecule has 0 aromatic heterocycles. The first-order valence-corrected chi connectivity index (χ1v) is 7.87. The first-order valence-electron chi connectivity index (χ1n) is 7.87. The van der Waals surface area contributed by atoms with Crippen molar-refractivity contribution < 1.29 is 19.4 Å². The van der Waals surface area contributed by atoms with Gasteiger partial charge in [-0.15, -0.1) is 0 Å². The Hall–Kier alpha value is -1.88. The van der Waals surface area contributed by atoms with E-state index in [2.05, 4.69) is 5.32 Å². The summed E-state index contributed by atoms with van der Waals surface area (Å²) in [4.78, 5) is 22.6. The molecule has 1 atom stereocenters. The number of aliphatic carboxylic acids is 1. The van der Waals surface area contributed by atoms with Crippen molar-refractivity contribution in [2.45, 2.75) is 44.6 Å². The molecule has 1 unspecified atom stereocenters. The number of fused-ring (bicyclic) bond motifs is 1. The average Bonchev–Trinajstić information content (AvgIpc) is 2.53. The molecule has 2 rings (SSSR count). The summed E-state index contributed by atoms with van der Waals surface area (Å²) in [5, 5.41) is 11.5. The fourth-order valence-electron chi connectivity index (χ4n) is 2.67. The van der Waals surface area contributed by atoms with Crippen LogP contribution in [0.25, 0.3) is 0 Å². The van der Waals surface area contributed by atoms with Crippen LogP contribution < -0.4 is 5.32 Å². The first-order chi connectivity index (χ1) is 10.7. The zero-order valence-corrected chi connectivity index (χ0v) is 12.7. The van der Waals surface area contributed by atoms with Gasteiger partial charge >= 0.3 is 5.97 Å². The van der Waals surface area contributed by atoms with E-state index in [4.69, 9.17) is 9.84 Å². The lowest BCUT2D eigenvalue weighted by Gasteiger charge is -2.25. The van der Waals surface area contributed by atoms with Crippen molar-refractivity contribution in [3.8, 4) is 0 Å². The first kappa shape index (κ1) is 16.5. The van der Waals surface area contributed by atoms with Gasteiger partial charge in [0.05, 0.1) is 6.61 Å². The van der Waals surface area contributed by atoms with Gasteiger partial charge in [0, 0.05) is 13.0 Å². The average molecular weight is 305 g/mol. The molecule has 0 aliphatic carbocycles. The van der Waals surface area contributed by atoms with Crippen molar-refractivity contribution in [3.05, 3.63) is 35.4 Å². The Morgan fingerprint density at radius 3 is 2.77 bits per heavy atom. The molecule has 1 amide bonds. The van der Waals surface area contributed by atoms with Gasteiger partial charge in [0.25, 0.3) is 5.91 Å². The second-order valence-corrected chi connectivity index (χ2v) is 5.55. The molecule has 0 saturated heterocycles. The maximum atomic E-state index is 12.2. The summed E-state index contributed by atoms with van der Waals surface area (Å²) in [6.45, 7) is 1.18. The van der Waals surface area contributed by atoms with Crippen LogP contribution in [0.1, 0.15) is 49.3 Å². The van der Waals surface area contributed by atoms with Crippen LogP contribution in [0.2, 0.25) is 0 Å². The molecular weight excluding hydrogens is 282 g/mol. The van der Waals surface area contributed by atoms with Crippen LogP contribution in [-0.4, -0.2) is 30.1 Å². The van der Waals surface area contributed by atoms with Crippen LogP contribution in [0.3, 0.4) is 0 Å². The summed E-state index contributed by atoms with van der Waals surface area (Å²) < 4.78 is 5.61. The Kier molecular flexibility index (Phi) is 6.40. The number of benzene rings is 1. The number of unbranched alkanes of at least 4 members (excludes halogenated alkanes) is 3. The Morgan fingerprint density at radius 1 is 1.18 bits per heavy atom. The third-order valence-corrected chi connectivity index (χ3v) is 3.85. The van der Waals surface area contributed by atoms with Crippen molar-refractivity contribution in [3.63, 3.8) is 0 Å². The highest BCUT2D eigenvalue weighted by Crippen LogP contribution is 2.26. The maximum Gasteiger partial charge on any atom is 0.303 e. The zero-order valence-electron chi connectivity index (χ0n) is 12.7. The molecule has 0 fully saturated rings. The van der Waals surface area contributed by atoms with E-state index in [1.54, 1.807) is 0 Å². The van der Waals surface area contributed by atoms with E-state index < -0.39 is 12.1 Å². The van der Waals surface area contributed by atoms with Gasteiger partial charge in [-0.1, -0.05) is 37.1 Å². The van der Waals surface area contributed by atoms with Crippen LogP contribution in [0.5, 0.6) is 0 Å². The van der Waals surface area contributed by atoms with Gasteiger partial charge < -0.3 is 15.2 Å². The molecule has 0 radical (unpaired) electrons. The van der Waals surface area contributed by atoms with Gasteiger partial charge in [-0.2, -0.15) is 0 Å². The highest BCUT2D eigenvalue weighted by atomic mass is 16.5. The van der Waals surface area contributed by atoms with Crippen molar-refractivity contribution in [2.75, 3.05) is 13.2 Å². The van der Waals surface area contributed by atoms with E-state index in [9.17, 15) is 9.59 Å². The van der Waals surface area contributed by atoms with Gasteiger partial charge in [0.15, 0.2) is 6.10 Å². The molecule has 120 valence electrons. The van der Waals surface area contributed by atoms with Crippen LogP contribution >= 0.6 is 0 Å². The number of carbonyl (C=O) groups is 2. The number of carboxylic acid groups (broad SMARTS) is 1. The Morgan fingerprint density at radius 2 is 1.95 bits per heavy atom. The van der Waals surface area contributed by atoms with Gasteiger partial charge in [-0.3, -0.25) is 9.59 Å². The predicted octanol–water partition coefficient (Wildman–Crippen LogP) is 2.45. The lowest BCUT2D eigenvalue weighted by atomic mass is 9.97. The van der Waals surface area contributed by atoms with E-state index in [0.29, 0.717) is 19.6 Å². The van der Waals surface area contributed by atoms with Crippen molar-refractivity contribution in [2.24, 2.45) is 0 Å². The van der Waals surface area contributed by atoms with Gasteiger partial charge in [-0.25, -0.2) is 0 Å². The van der Waals surface area contributed by atoms with Crippen LogP contribution in [0, 0.1) is 0 Å². The van der Waals surface area contributed by atoms with E-state index in [1.165, 1.54) is 5.56 Å². The summed E-state index contributed by atoms with van der Waals surface area (Å²) in [6, 6.07) is 7.90. The number of rotatable bonds is 8. The summed E-state index contributed by atoms with van der Waals surface area (Å²) in [7, 11) is 0. The molecule has 1 aliphatic rings.